The zero-order chi connectivity index (χ0) is 12.3. The summed E-state index contributed by atoms with van der Waals surface area (Å²) >= 11 is 1.60. The van der Waals surface area contributed by atoms with Crippen molar-refractivity contribution in [3.63, 3.8) is 0 Å². The van der Waals surface area contributed by atoms with Crippen molar-refractivity contribution in [2.24, 2.45) is 0 Å². The second kappa shape index (κ2) is 5.05. The average molecular weight is 250 g/mol. The molecule has 0 unspecified atom stereocenters. The Morgan fingerprint density at radius 3 is 2.88 bits per heavy atom. The van der Waals surface area contributed by atoms with Gasteiger partial charge >= 0.3 is 0 Å². The van der Waals surface area contributed by atoms with Crippen LogP contribution in [-0.4, -0.2) is 22.8 Å². The SMILES string of the molecule is CN(Cc1cccs1)C(=O)c1ccc(F)nc1. The average Bonchev–Trinajstić information content (AvgIpc) is 2.82. The predicted octanol–water partition coefficient (Wildman–Crippen LogP) is 2.55. The van der Waals surface area contributed by atoms with Gasteiger partial charge in [0.1, 0.15) is 0 Å². The molecular weight excluding hydrogens is 239 g/mol. The van der Waals surface area contributed by atoms with Crippen molar-refractivity contribution < 1.29 is 9.18 Å². The standard InChI is InChI=1S/C12H11FN2OS/c1-15(8-10-3-2-6-17-10)12(16)9-4-5-11(13)14-7-9/h2-7H,8H2,1H3. The van der Waals surface area contributed by atoms with Gasteiger partial charge in [-0.05, 0) is 23.6 Å². The molecule has 0 saturated heterocycles. The van der Waals surface area contributed by atoms with E-state index in [-0.39, 0.29) is 5.91 Å². The Balaban J connectivity index is 2.07. The van der Waals surface area contributed by atoms with Crippen molar-refractivity contribution in [1.29, 1.82) is 0 Å². The Morgan fingerprint density at radius 1 is 1.47 bits per heavy atom. The van der Waals surface area contributed by atoms with Gasteiger partial charge in [-0.1, -0.05) is 6.07 Å². The number of nitrogens with zero attached hydrogens (tertiary/aromatic N) is 2. The maximum atomic E-state index is 12.6. The molecule has 0 N–H and O–H groups in total. The van der Waals surface area contributed by atoms with Crippen LogP contribution >= 0.6 is 11.3 Å². The Labute approximate surface area is 103 Å². The van der Waals surface area contributed by atoms with Crippen molar-refractivity contribution in [2.75, 3.05) is 7.05 Å². The zero-order valence-corrected chi connectivity index (χ0v) is 10.1. The molecule has 0 aliphatic carbocycles. The van der Waals surface area contributed by atoms with Crippen LogP contribution in [-0.2, 0) is 6.54 Å². The molecule has 0 saturated carbocycles. The largest absolute Gasteiger partial charge is 0.337 e. The van der Waals surface area contributed by atoms with E-state index >= 15 is 0 Å². The molecule has 2 aromatic rings. The van der Waals surface area contributed by atoms with Crippen molar-refractivity contribution in [2.45, 2.75) is 6.54 Å². The first-order valence-corrected chi connectivity index (χ1v) is 5.94. The first kappa shape index (κ1) is 11.7. The molecule has 88 valence electrons. The lowest BCUT2D eigenvalue weighted by Gasteiger charge is -2.15. The maximum absolute atomic E-state index is 12.6. The molecule has 2 aromatic heterocycles. The maximum Gasteiger partial charge on any atom is 0.255 e. The smallest absolute Gasteiger partial charge is 0.255 e. The Morgan fingerprint density at radius 2 is 2.29 bits per heavy atom. The molecule has 0 spiro atoms. The summed E-state index contributed by atoms with van der Waals surface area (Å²) in [6.07, 6.45) is 1.25. The fourth-order valence-electron chi connectivity index (χ4n) is 1.43. The highest BCUT2D eigenvalue weighted by molar-refractivity contribution is 7.09. The minimum atomic E-state index is -0.581. The van der Waals surface area contributed by atoms with Crippen LogP contribution < -0.4 is 0 Å². The summed E-state index contributed by atoms with van der Waals surface area (Å²) in [6, 6.07) is 6.54. The monoisotopic (exact) mass is 250 g/mol. The Bertz CT molecular complexity index is 496. The molecule has 0 bridgehead atoms. The van der Waals surface area contributed by atoms with Crippen molar-refractivity contribution in [3.8, 4) is 0 Å². The van der Waals surface area contributed by atoms with E-state index < -0.39 is 5.95 Å². The van der Waals surface area contributed by atoms with E-state index in [9.17, 15) is 9.18 Å². The molecule has 0 aromatic carbocycles. The highest BCUT2D eigenvalue weighted by Gasteiger charge is 2.12. The number of pyridine rings is 1. The summed E-state index contributed by atoms with van der Waals surface area (Å²) in [5.74, 6) is -0.742. The van der Waals surface area contributed by atoms with E-state index in [1.165, 1.54) is 18.3 Å². The fraction of sp³-hybridized carbons (Fsp3) is 0.167. The van der Waals surface area contributed by atoms with Gasteiger partial charge in [-0.2, -0.15) is 4.39 Å². The Kier molecular flexibility index (Phi) is 3.49. The van der Waals surface area contributed by atoms with Crippen LogP contribution in [0.1, 0.15) is 15.2 Å². The zero-order valence-electron chi connectivity index (χ0n) is 9.26. The van der Waals surface area contributed by atoms with Gasteiger partial charge < -0.3 is 4.90 Å². The number of hydrogen-bond acceptors (Lipinski definition) is 3. The summed E-state index contributed by atoms with van der Waals surface area (Å²) in [5, 5.41) is 1.97. The van der Waals surface area contributed by atoms with Gasteiger partial charge in [-0.25, -0.2) is 4.98 Å². The van der Waals surface area contributed by atoms with Gasteiger partial charge in [0.25, 0.3) is 5.91 Å². The van der Waals surface area contributed by atoms with E-state index in [4.69, 9.17) is 0 Å². The number of amides is 1. The molecule has 3 nitrogen and oxygen atoms in total. The van der Waals surface area contributed by atoms with Crippen LogP contribution in [0.3, 0.4) is 0 Å². The summed E-state index contributed by atoms with van der Waals surface area (Å²) in [5.41, 5.74) is 0.394. The molecule has 0 fully saturated rings. The quantitative estimate of drug-likeness (QED) is 0.784. The number of rotatable bonds is 3. The molecule has 0 radical (unpaired) electrons. The van der Waals surface area contributed by atoms with Crippen molar-refractivity contribution in [1.82, 2.24) is 9.88 Å². The van der Waals surface area contributed by atoms with Crippen LogP contribution in [0.25, 0.3) is 0 Å². The number of carbonyl (C=O) groups excluding carboxylic acids is 1. The fourth-order valence-corrected chi connectivity index (χ4v) is 2.19. The molecule has 2 rings (SSSR count). The summed E-state index contributed by atoms with van der Waals surface area (Å²) < 4.78 is 12.6. The van der Waals surface area contributed by atoms with Crippen molar-refractivity contribution in [3.05, 3.63) is 52.2 Å². The summed E-state index contributed by atoms with van der Waals surface area (Å²) in [4.78, 5) is 18.1. The molecule has 1 amide bonds. The normalized spacial score (nSPS) is 10.2. The molecule has 0 aliphatic heterocycles. The highest BCUT2D eigenvalue weighted by atomic mass is 32.1. The number of aromatic nitrogens is 1. The minimum absolute atomic E-state index is 0.161. The molecule has 17 heavy (non-hydrogen) atoms. The summed E-state index contributed by atoms with van der Waals surface area (Å²) in [6.45, 7) is 0.549. The van der Waals surface area contributed by atoms with Crippen molar-refractivity contribution >= 4 is 17.2 Å². The number of halogens is 1. The van der Waals surface area contributed by atoms with E-state index in [0.717, 1.165) is 4.88 Å². The van der Waals surface area contributed by atoms with Crippen LogP contribution in [0.15, 0.2) is 35.8 Å². The lowest BCUT2D eigenvalue weighted by atomic mass is 10.2. The lowest BCUT2D eigenvalue weighted by Crippen LogP contribution is -2.25. The molecule has 0 aliphatic rings. The third kappa shape index (κ3) is 2.88. The third-order valence-electron chi connectivity index (χ3n) is 2.29. The second-order valence-corrected chi connectivity index (χ2v) is 4.64. The first-order chi connectivity index (χ1) is 8.16. The lowest BCUT2D eigenvalue weighted by molar-refractivity contribution is 0.0786. The van der Waals surface area contributed by atoms with Gasteiger partial charge in [-0.15, -0.1) is 11.3 Å². The van der Waals surface area contributed by atoms with Gasteiger partial charge in [0.2, 0.25) is 5.95 Å². The Hall–Kier alpha value is -1.75. The number of thiophene rings is 1. The molecule has 5 heteroatoms. The number of hydrogen-bond donors (Lipinski definition) is 0. The molecule has 0 atom stereocenters. The van der Waals surface area contributed by atoms with Gasteiger partial charge in [-0.3, -0.25) is 4.79 Å². The van der Waals surface area contributed by atoms with E-state index in [1.807, 2.05) is 17.5 Å². The van der Waals surface area contributed by atoms with Gasteiger partial charge in [0, 0.05) is 18.1 Å². The van der Waals surface area contributed by atoms with Crippen LogP contribution in [0, 0.1) is 5.95 Å². The molecule has 2 heterocycles. The van der Waals surface area contributed by atoms with Gasteiger partial charge in [0.15, 0.2) is 0 Å². The van der Waals surface area contributed by atoms with Crippen LogP contribution in [0.5, 0.6) is 0 Å². The topological polar surface area (TPSA) is 33.2 Å². The number of carbonyl (C=O) groups is 1. The van der Waals surface area contributed by atoms with E-state index in [1.54, 1.807) is 23.3 Å². The third-order valence-corrected chi connectivity index (χ3v) is 3.16. The predicted molar refractivity (Wildman–Crippen MR) is 64.3 cm³/mol. The molecular formula is C12H11FN2OS. The van der Waals surface area contributed by atoms with Crippen LogP contribution in [0.2, 0.25) is 0 Å². The van der Waals surface area contributed by atoms with E-state index in [0.29, 0.717) is 12.1 Å². The van der Waals surface area contributed by atoms with E-state index in [2.05, 4.69) is 4.98 Å². The minimum Gasteiger partial charge on any atom is -0.337 e. The highest BCUT2D eigenvalue weighted by Crippen LogP contribution is 2.12. The van der Waals surface area contributed by atoms with Gasteiger partial charge in [0.05, 0.1) is 12.1 Å². The second-order valence-electron chi connectivity index (χ2n) is 3.61. The summed E-state index contributed by atoms with van der Waals surface area (Å²) in [7, 11) is 1.71. The first-order valence-electron chi connectivity index (χ1n) is 5.06. The van der Waals surface area contributed by atoms with Crippen LogP contribution in [0.4, 0.5) is 4.39 Å².